The number of morpholine rings is 1. The average molecular weight is 240 g/mol. The summed E-state index contributed by atoms with van der Waals surface area (Å²) in [5.41, 5.74) is 0. The zero-order valence-corrected chi connectivity index (χ0v) is 9.48. The summed E-state index contributed by atoms with van der Waals surface area (Å²) in [6.07, 6.45) is 2.49. The van der Waals surface area contributed by atoms with Crippen LogP contribution in [0, 0.1) is 10.1 Å². The second-order valence-electron chi connectivity index (χ2n) is 3.38. The molecule has 0 spiro atoms. The van der Waals surface area contributed by atoms with E-state index >= 15 is 0 Å². The number of nitro groups is 1. The van der Waals surface area contributed by atoms with Crippen LogP contribution in [-0.4, -0.2) is 31.2 Å². The summed E-state index contributed by atoms with van der Waals surface area (Å²) >= 11 is 1.56. The summed E-state index contributed by atoms with van der Waals surface area (Å²) in [7, 11) is 0. The van der Waals surface area contributed by atoms with Crippen molar-refractivity contribution in [1.82, 2.24) is 0 Å². The first-order valence-electron chi connectivity index (χ1n) is 5.00. The van der Waals surface area contributed by atoms with Gasteiger partial charge in [-0.1, -0.05) is 0 Å². The molecule has 2 rings (SSSR count). The molecular weight excluding hydrogens is 228 g/mol. The first kappa shape index (κ1) is 11.1. The van der Waals surface area contributed by atoms with Gasteiger partial charge in [-0.05, 0) is 12.1 Å². The predicted molar refractivity (Wildman–Crippen MR) is 63.4 cm³/mol. The Morgan fingerprint density at radius 2 is 2.19 bits per heavy atom. The van der Waals surface area contributed by atoms with Gasteiger partial charge in [-0.3, -0.25) is 10.1 Å². The molecule has 0 aliphatic carbocycles. The molecule has 1 fully saturated rings. The lowest BCUT2D eigenvalue weighted by Gasteiger charge is -2.27. The maximum Gasteiger partial charge on any atom is 0.235 e. The van der Waals surface area contributed by atoms with Crippen molar-refractivity contribution >= 4 is 22.4 Å². The fraction of sp³-hybridized carbons (Fsp3) is 0.400. The van der Waals surface area contributed by atoms with E-state index in [-0.39, 0.29) is 0 Å². The smallest absolute Gasteiger partial charge is 0.235 e. The van der Waals surface area contributed by atoms with Crippen molar-refractivity contribution in [2.75, 3.05) is 31.2 Å². The second-order valence-corrected chi connectivity index (χ2v) is 4.47. The predicted octanol–water partition coefficient (Wildman–Crippen LogP) is 1.83. The van der Waals surface area contributed by atoms with Gasteiger partial charge < -0.3 is 9.64 Å². The highest BCUT2D eigenvalue weighted by Crippen LogP contribution is 2.27. The van der Waals surface area contributed by atoms with Gasteiger partial charge in [-0.2, -0.15) is 0 Å². The van der Waals surface area contributed by atoms with Gasteiger partial charge in [0.2, 0.25) is 6.20 Å². The van der Waals surface area contributed by atoms with Gasteiger partial charge in [0.1, 0.15) is 0 Å². The Kier molecular flexibility index (Phi) is 3.53. The van der Waals surface area contributed by atoms with E-state index in [2.05, 4.69) is 4.90 Å². The monoisotopic (exact) mass is 240 g/mol. The summed E-state index contributed by atoms with van der Waals surface area (Å²) in [5.74, 6) is 0. The highest BCUT2D eigenvalue weighted by atomic mass is 32.1. The summed E-state index contributed by atoms with van der Waals surface area (Å²) in [5, 5.41) is 11.3. The molecule has 5 nitrogen and oxygen atoms in total. The molecule has 1 aromatic heterocycles. The van der Waals surface area contributed by atoms with E-state index in [1.165, 1.54) is 6.08 Å². The van der Waals surface area contributed by atoms with Gasteiger partial charge in [0.25, 0.3) is 0 Å². The molecule has 0 saturated carbocycles. The lowest BCUT2D eigenvalue weighted by atomic mass is 10.4. The molecule has 0 amide bonds. The minimum atomic E-state index is -0.450. The van der Waals surface area contributed by atoms with E-state index < -0.39 is 4.92 Å². The van der Waals surface area contributed by atoms with Gasteiger partial charge in [0.05, 0.1) is 23.1 Å². The number of rotatable bonds is 3. The third kappa shape index (κ3) is 2.80. The molecule has 0 atom stereocenters. The Hall–Kier alpha value is -1.40. The number of anilines is 1. The molecule has 0 N–H and O–H groups in total. The molecule has 1 aliphatic rings. The van der Waals surface area contributed by atoms with Crippen LogP contribution in [0.25, 0.3) is 6.08 Å². The number of nitrogens with zero attached hydrogens (tertiary/aromatic N) is 2. The molecule has 86 valence electrons. The number of hydrogen-bond acceptors (Lipinski definition) is 5. The Bertz CT molecular complexity index is 397. The van der Waals surface area contributed by atoms with Crippen LogP contribution in [0.15, 0.2) is 18.3 Å². The molecule has 0 unspecified atom stereocenters. The van der Waals surface area contributed by atoms with E-state index in [4.69, 9.17) is 4.74 Å². The normalized spacial score (nSPS) is 16.9. The molecule has 16 heavy (non-hydrogen) atoms. The number of ether oxygens (including phenoxy) is 1. The van der Waals surface area contributed by atoms with E-state index in [1.807, 2.05) is 12.1 Å². The molecule has 2 heterocycles. The first-order chi connectivity index (χ1) is 7.75. The maximum atomic E-state index is 10.2. The molecule has 1 aromatic rings. The van der Waals surface area contributed by atoms with Crippen LogP contribution < -0.4 is 4.90 Å². The largest absolute Gasteiger partial charge is 0.378 e. The van der Waals surface area contributed by atoms with Crippen molar-refractivity contribution in [2.24, 2.45) is 0 Å². The van der Waals surface area contributed by atoms with Gasteiger partial charge in [-0.15, -0.1) is 11.3 Å². The third-order valence-electron chi connectivity index (χ3n) is 2.30. The molecule has 0 bridgehead atoms. The zero-order chi connectivity index (χ0) is 11.4. The number of hydrogen-bond donors (Lipinski definition) is 0. The van der Waals surface area contributed by atoms with E-state index in [1.54, 1.807) is 11.3 Å². The average Bonchev–Trinajstić information content (AvgIpc) is 2.76. The molecule has 6 heteroatoms. The van der Waals surface area contributed by atoms with Crippen LogP contribution in [0.1, 0.15) is 4.88 Å². The van der Waals surface area contributed by atoms with Crippen molar-refractivity contribution in [3.63, 3.8) is 0 Å². The summed E-state index contributed by atoms with van der Waals surface area (Å²) < 4.78 is 5.27. The van der Waals surface area contributed by atoms with Crippen molar-refractivity contribution in [2.45, 2.75) is 0 Å². The minimum absolute atomic E-state index is 0.450. The fourth-order valence-corrected chi connectivity index (χ4v) is 2.47. The Balaban J connectivity index is 2.03. The van der Waals surface area contributed by atoms with Crippen LogP contribution in [-0.2, 0) is 4.74 Å². The zero-order valence-electron chi connectivity index (χ0n) is 8.67. The Labute approximate surface area is 97.1 Å². The Morgan fingerprint density at radius 3 is 2.88 bits per heavy atom. The Morgan fingerprint density at radius 1 is 1.44 bits per heavy atom. The quantitative estimate of drug-likeness (QED) is 0.597. The van der Waals surface area contributed by atoms with Crippen molar-refractivity contribution < 1.29 is 9.66 Å². The molecular formula is C10H12N2O3S. The van der Waals surface area contributed by atoms with Gasteiger partial charge in [0.15, 0.2) is 0 Å². The van der Waals surface area contributed by atoms with Crippen LogP contribution in [0.5, 0.6) is 0 Å². The van der Waals surface area contributed by atoms with E-state index in [0.717, 1.165) is 42.4 Å². The van der Waals surface area contributed by atoms with Crippen molar-refractivity contribution in [3.05, 3.63) is 33.3 Å². The summed E-state index contributed by atoms with van der Waals surface area (Å²) in [6.45, 7) is 3.27. The number of thiophene rings is 1. The van der Waals surface area contributed by atoms with Crippen LogP contribution in [0.2, 0.25) is 0 Å². The lowest BCUT2D eigenvalue weighted by molar-refractivity contribution is -0.400. The van der Waals surface area contributed by atoms with Crippen molar-refractivity contribution in [3.8, 4) is 0 Å². The molecule has 0 radical (unpaired) electrons. The molecule has 0 aromatic carbocycles. The van der Waals surface area contributed by atoms with Gasteiger partial charge >= 0.3 is 0 Å². The second kappa shape index (κ2) is 5.09. The molecule has 1 saturated heterocycles. The van der Waals surface area contributed by atoms with E-state index in [0.29, 0.717) is 0 Å². The third-order valence-corrected chi connectivity index (χ3v) is 3.41. The first-order valence-corrected chi connectivity index (χ1v) is 5.81. The topological polar surface area (TPSA) is 55.6 Å². The van der Waals surface area contributed by atoms with Crippen LogP contribution in [0.3, 0.4) is 0 Å². The van der Waals surface area contributed by atoms with Crippen molar-refractivity contribution in [1.29, 1.82) is 0 Å². The van der Waals surface area contributed by atoms with Crippen LogP contribution >= 0.6 is 11.3 Å². The van der Waals surface area contributed by atoms with E-state index in [9.17, 15) is 10.1 Å². The fourth-order valence-electron chi connectivity index (χ4n) is 1.52. The lowest BCUT2D eigenvalue weighted by Crippen LogP contribution is -2.35. The summed E-state index contributed by atoms with van der Waals surface area (Å²) in [4.78, 5) is 12.9. The minimum Gasteiger partial charge on any atom is -0.378 e. The van der Waals surface area contributed by atoms with Gasteiger partial charge in [0, 0.05) is 24.0 Å². The standard InChI is InChI=1S/C10H12N2O3S/c13-12(14)4-3-9-1-2-10(16-9)11-5-7-15-8-6-11/h1-4H,5-8H2. The maximum absolute atomic E-state index is 10.2. The highest BCUT2D eigenvalue weighted by Gasteiger charge is 2.12. The summed E-state index contributed by atoms with van der Waals surface area (Å²) in [6, 6.07) is 3.89. The van der Waals surface area contributed by atoms with Crippen LogP contribution in [0.4, 0.5) is 5.00 Å². The molecule has 1 aliphatic heterocycles. The van der Waals surface area contributed by atoms with Gasteiger partial charge in [-0.25, -0.2) is 0 Å². The SMILES string of the molecule is O=[N+]([O-])C=Cc1ccc(N2CCOCC2)s1. The highest BCUT2D eigenvalue weighted by molar-refractivity contribution is 7.16.